The fourth-order valence-electron chi connectivity index (χ4n) is 2.74. The van der Waals surface area contributed by atoms with Crippen LogP contribution in [0.4, 0.5) is 0 Å². The van der Waals surface area contributed by atoms with Crippen molar-refractivity contribution < 1.29 is 4.74 Å². The highest BCUT2D eigenvalue weighted by Gasteiger charge is 2.14. The van der Waals surface area contributed by atoms with Gasteiger partial charge in [0.2, 0.25) is 0 Å². The van der Waals surface area contributed by atoms with Crippen LogP contribution < -0.4 is 5.32 Å². The fourth-order valence-corrected chi connectivity index (χ4v) is 2.74. The molecular formula is C15H21N3O. The molecule has 1 N–H and O–H groups in total. The van der Waals surface area contributed by atoms with Gasteiger partial charge in [-0.3, -0.25) is 4.68 Å². The average Bonchev–Trinajstić information content (AvgIpc) is 2.78. The Morgan fingerprint density at radius 1 is 1.37 bits per heavy atom. The van der Waals surface area contributed by atoms with E-state index in [0.29, 0.717) is 6.10 Å². The van der Waals surface area contributed by atoms with Gasteiger partial charge in [-0.2, -0.15) is 5.10 Å². The Bertz CT molecular complexity index is 543. The molecule has 0 radical (unpaired) electrons. The summed E-state index contributed by atoms with van der Waals surface area (Å²) in [6, 6.07) is 8.36. The summed E-state index contributed by atoms with van der Waals surface area (Å²) in [5, 5.41) is 9.30. The van der Waals surface area contributed by atoms with Gasteiger partial charge in [-0.25, -0.2) is 0 Å². The van der Waals surface area contributed by atoms with E-state index in [9.17, 15) is 0 Å². The number of nitrogens with zero attached hydrogens (tertiary/aromatic N) is 2. The normalized spacial score (nSPS) is 19.9. The van der Waals surface area contributed by atoms with E-state index >= 15 is 0 Å². The van der Waals surface area contributed by atoms with Gasteiger partial charge in [0, 0.05) is 32.1 Å². The van der Waals surface area contributed by atoms with E-state index in [2.05, 4.69) is 34.7 Å². The zero-order valence-electron chi connectivity index (χ0n) is 11.4. The van der Waals surface area contributed by atoms with Crippen molar-refractivity contribution in [2.24, 2.45) is 7.05 Å². The van der Waals surface area contributed by atoms with Crippen LogP contribution in [0, 0.1) is 0 Å². The molecular weight excluding hydrogens is 238 g/mol. The maximum atomic E-state index is 5.72. The van der Waals surface area contributed by atoms with Gasteiger partial charge in [0.25, 0.3) is 0 Å². The van der Waals surface area contributed by atoms with Crippen molar-refractivity contribution in [2.75, 3.05) is 13.2 Å². The first-order chi connectivity index (χ1) is 9.34. The summed E-state index contributed by atoms with van der Waals surface area (Å²) in [6.45, 7) is 2.64. The molecule has 1 atom stereocenters. The van der Waals surface area contributed by atoms with Gasteiger partial charge in [-0.05, 0) is 25.3 Å². The van der Waals surface area contributed by atoms with E-state index in [-0.39, 0.29) is 0 Å². The van der Waals surface area contributed by atoms with Gasteiger partial charge < -0.3 is 10.1 Å². The second kappa shape index (κ2) is 5.72. The maximum absolute atomic E-state index is 5.72. The van der Waals surface area contributed by atoms with E-state index < -0.39 is 0 Å². The number of para-hydroxylation sites is 1. The Hall–Kier alpha value is -1.39. The van der Waals surface area contributed by atoms with E-state index in [0.717, 1.165) is 25.4 Å². The highest BCUT2D eigenvalue weighted by molar-refractivity contribution is 5.81. The van der Waals surface area contributed by atoms with Crippen LogP contribution in [0.3, 0.4) is 0 Å². The van der Waals surface area contributed by atoms with Gasteiger partial charge >= 0.3 is 0 Å². The second-order valence-electron chi connectivity index (χ2n) is 5.21. The molecule has 0 saturated carbocycles. The number of hydrogen-bond donors (Lipinski definition) is 1. The number of rotatable bonds is 4. The van der Waals surface area contributed by atoms with E-state index in [1.807, 2.05) is 11.7 Å². The number of fused-ring (bicyclic) bond motifs is 1. The molecule has 1 aromatic heterocycles. The van der Waals surface area contributed by atoms with Crippen LogP contribution >= 0.6 is 0 Å². The first-order valence-electron chi connectivity index (χ1n) is 7.07. The largest absolute Gasteiger partial charge is 0.377 e. The Morgan fingerprint density at radius 3 is 3.11 bits per heavy atom. The van der Waals surface area contributed by atoms with Gasteiger partial charge in [-0.1, -0.05) is 18.2 Å². The molecule has 1 aromatic carbocycles. The maximum Gasteiger partial charge on any atom is 0.0841 e. The lowest BCUT2D eigenvalue weighted by Gasteiger charge is -2.22. The molecule has 2 aromatic rings. The average molecular weight is 259 g/mol. The molecule has 1 aliphatic heterocycles. The monoisotopic (exact) mass is 259 g/mol. The van der Waals surface area contributed by atoms with E-state index in [1.54, 1.807) is 0 Å². The van der Waals surface area contributed by atoms with Crippen LogP contribution in [-0.2, 0) is 18.3 Å². The summed E-state index contributed by atoms with van der Waals surface area (Å²) in [6.07, 6.45) is 4.06. The van der Waals surface area contributed by atoms with Crippen molar-refractivity contribution in [3.8, 4) is 0 Å². The molecule has 4 heteroatoms. The van der Waals surface area contributed by atoms with Crippen LogP contribution in [0.1, 0.15) is 25.0 Å². The fraction of sp³-hybridized carbons (Fsp3) is 0.533. The number of aromatic nitrogens is 2. The Labute approximate surface area is 113 Å². The lowest BCUT2D eigenvalue weighted by atomic mass is 10.1. The molecule has 0 spiro atoms. The molecule has 102 valence electrons. The first kappa shape index (κ1) is 12.6. The molecule has 1 unspecified atom stereocenters. The summed E-state index contributed by atoms with van der Waals surface area (Å²) in [4.78, 5) is 0. The molecule has 0 aliphatic carbocycles. The minimum absolute atomic E-state index is 0.378. The predicted molar refractivity (Wildman–Crippen MR) is 76.0 cm³/mol. The number of hydrogen-bond acceptors (Lipinski definition) is 3. The van der Waals surface area contributed by atoms with Crippen molar-refractivity contribution in [1.29, 1.82) is 0 Å². The number of benzene rings is 1. The molecule has 2 heterocycles. The Kier molecular flexibility index (Phi) is 3.80. The summed E-state index contributed by atoms with van der Waals surface area (Å²) >= 11 is 0. The number of aryl methyl sites for hydroxylation is 1. The van der Waals surface area contributed by atoms with Gasteiger partial charge in [-0.15, -0.1) is 0 Å². The van der Waals surface area contributed by atoms with Gasteiger partial charge in [0.05, 0.1) is 17.3 Å². The third kappa shape index (κ3) is 2.80. The van der Waals surface area contributed by atoms with Crippen molar-refractivity contribution >= 4 is 10.9 Å². The summed E-state index contributed by atoms with van der Waals surface area (Å²) in [5.41, 5.74) is 2.31. The molecule has 1 saturated heterocycles. The zero-order chi connectivity index (χ0) is 13.1. The van der Waals surface area contributed by atoms with Crippen LogP contribution in [0.2, 0.25) is 0 Å². The Morgan fingerprint density at radius 2 is 2.26 bits per heavy atom. The predicted octanol–water partition coefficient (Wildman–Crippen LogP) is 2.23. The SMILES string of the molecule is Cn1nc(CNCC2CCCCO2)c2ccccc21. The highest BCUT2D eigenvalue weighted by Crippen LogP contribution is 2.17. The molecule has 1 fully saturated rings. The van der Waals surface area contributed by atoms with E-state index in [1.165, 1.54) is 30.2 Å². The minimum atomic E-state index is 0.378. The topological polar surface area (TPSA) is 39.1 Å². The van der Waals surface area contributed by atoms with Gasteiger partial charge in [0.1, 0.15) is 0 Å². The molecule has 1 aliphatic rings. The molecule has 19 heavy (non-hydrogen) atoms. The molecule has 0 bridgehead atoms. The summed E-state index contributed by atoms with van der Waals surface area (Å²) in [5.74, 6) is 0. The molecule has 0 amide bonds. The quantitative estimate of drug-likeness (QED) is 0.915. The number of ether oxygens (including phenoxy) is 1. The number of nitrogens with one attached hydrogen (secondary N) is 1. The second-order valence-corrected chi connectivity index (χ2v) is 5.21. The van der Waals surface area contributed by atoms with Crippen LogP contribution in [-0.4, -0.2) is 29.0 Å². The molecule has 4 nitrogen and oxygen atoms in total. The zero-order valence-corrected chi connectivity index (χ0v) is 11.4. The van der Waals surface area contributed by atoms with Crippen molar-refractivity contribution in [1.82, 2.24) is 15.1 Å². The van der Waals surface area contributed by atoms with Crippen LogP contribution in [0.15, 0.2) is 24.3 Å². The highest BCUT2D eigenvalue weighted by atomic mass is 16.5. The third-order valence-electron chi connectivity index (χ3n) is 3.77. The van der Waals surface area contributed by atoms with Crippen molar-refractivity contribution in [3.63, 3.8) is 0 Å². The minimum Gasteiger partial charge on any atom is -0.377 e. The molecule has 3 rings (SSSR count). The lowest BCUT2D eigenvalue weighted by Crippen LogP contribution is -2.31. The standard InChI is InChI=1S/C15H21N3O/c1-18-15-8-3-2-7-13(15)14(17-18)11-16-10-12-6-4-5-9-19-12/h2-3,7-8,12,16H,4-6,9-11H2,1H3. The lowest BCUT2D eigenvalue weighted by molar-refractivity contribution is 0.0167. The van der Waals surface area contributed by atoms with E-state index in [4.69, 9.17) is 4.74 Å². The smallest absolute Gasteiger partial charge is 0.0841 e. The summed E-state index contributed by atoms with van der Waals surface area (Å²) < 4.78 is 7.67. The van der Waals surface area contributed by atoms with Crippen molar-refractivity contribution in [2.45, 2.75) is 31.9 Å². The van der Waals surface area contributed by atoms with Crippen LogP contribution in [0.5, 0.6) is 0 Å². The van der Waals surface area contributed by atoms with Crippen molar-refractivity contribution in [3.05, 3.63) is 30.0 Å². The summed E-state index contributed by atoms with van der Waals surface area (Å²) in [7, 11) is 2.00. The third-order valence-corrected chi connectivity index (χ3v) is 3.77. The first-order valence-corrected chi connectivity index (χ1v) is 7.07. The van der Waals surface area contributed by atoms with Gasteiger partial charge in [0.15, 0.2) is 0 Å². The van der Waals surface area contributed by atoms with Crippen LogP contribution in [0.25, 0.3) is 10.9 Å². The Balaban J connectivity index is 1.62.